The Labute approximate surface area is 79.5 Å². The first-order valence-corrected chi connectivity index (χ1v) is 4.76. The molecule has 0 bridgehead atoms. The highest BCUT2D eigenvalue weighted by Gasteiger charge is 2.12. The first kappa shape index (κ1) is 12.4. The summed E-state index contributed by atoms with van der Waals surface area (Å²) in [6, 6.07) is -0.407. The second-order valence-corrected chi connectivity index (χ2v) is 3.43. The molecule has 13 heavy (non-hydrogen) atoms. The van der Waals surface area contributed by atoms with Crippen molar-refractivity contribution in [2.45, 2.75) is 32.7 Å². The van der Waals surface area contributed by atoms with E-state index in [1.807, 2.05) is 13.8 Å². The summed E-state index contributed by atoms with van der Waals surface area (Å²) in [6.07, 6.45) is 1.61. The Kier molecular flexibility index (Phi) is 6.54. The van der Waals surface area contributed by atoms with Gasteiger partial charge >= 0.3 is 0 Å². The first-order chi connectivity index (χ1) is 6.11. The zero-order valence-corrected chi connectivity index (χ0v) is 8.42. The van der Waals surface area contributed by atoms with Crippen LogP contribution in [-0.4, -0.2) is 30.2 Å². The molecule has 0 aromatic rings. The molecule has 0 radical (unpaired) electrons. The molecular weight excluding hydrogens is 168 g/mol. The molecule has 4 nitrogen and oxygen atoms in total. The lowest BCUT2D eigenvalue weighted by Gasteiger charge is -2.13. The fourth-order valence-electron chi connectivity index (χ4n) is 0.913. The highest BCUT2D eigenvalue weighted by molar-refractivity contribution is 5.81. The molecule has 0 fully saturated rings. The van der Waals surface area contributed by atoms with Gasteiger partial charge in [-0.15, -0.1) is 0 Å². The van der Waals surface area contributed by atoms with Crippen LogP contribution in [-0.2, 0) is 4.79 Å². The van der Waals surface area contributed by atoms with Crippen LogP contribution in [0, 0.1) is 5.92 Å². The van der Waals surface area contributed by atoms with Crippen LogP contribution in [0.15, 0.2) is 0 Å². The zero-order valence-electron chi connectivity index (χ0n) is 8.42. The predicted molar refractivity (Wildman–Crippen MR) is 52.1 cm³/mol. The van der Waals surface area contributed by atoms with Crippen LogP contribution in [0.25, 0.3) is 0 Å². The molecule has 0 aliphatic rings. The van der Waals surface area contributed by atoms with E-state index in [1.165, 1.54) is 0 Å². The summed E-state index contributed by atoms with van der Waals surface area (Å²) < 4.78 is 0. The number of carbonyl (C=O) groups is 1. The summed E-state index contributed by atoms with van der Waals surface area (Å²) in [5.74, 6) is -0.0278. The maximum Gasteiger partial charge on any atom is 0.236 e. The average molecular weight is 188 g/mol. The van der Waals surface area contributed by atoms with Crippen LogP contribution < -0.4 is 11.1 Å². The van der Waals surface area contributed by atoms with Crippen molar-refractivity contribution >= 4 is 5.91 Å². The fourth-order valence-corrected chi connectivity index (χ4v) is 0.913. The van der Waals surface area contributed by atoms with Gasteiger partial charge in [-0.25, -0.2) is 0 Å². The molecule has 4 N–H and O–H groups in total. The van der Waals surface area contributed by atoms with Crippen molar-refractivity contribution in [2.75, 3.05) is 13.2 Å². The third-order valence-corrected chi connectivity index (χ3v) is 1.87. The highest BCUT2D eigenvalue weighted by atomic mass is 16.3. The van der Waals surface area contributed by atoms with Crippen LogP contribution in [0.1, 0.15) is 26.7 Å². The number of hydrogen-bond acceptors (Lipinski definition) is 3. The van der Waals surface area contributed by atoms with Gasteiger partial charge in [0.05, 0.1) is 6.04 Å². The van der Waals surface area contributed by atoms with Gasteiger partial charge in [0.15, 0.2) is 0 Å². The SMILES string of the molecule is CCCC(N)C(=O)NCC(C)CO. The molecule has 0 saturated heterocycles. The van der Waals surface area contributed by atoms with Crippen molar-refractivity contribution < 1.29 is 9.90 Å². The van der Waals surface area contributed by atoms with Gasteiger partial charge in [-0.1, -0.05) is 20.3 Å². The lowest BCUT2D eigenvalue weighted by Crippen LogP contribution is -2.42. The Morgan fingerprint density at radius 3 is 2.69 bits per heavy atom. The van der Waals surface area contributed by atoms with E-state index in [9.17, 15) is 4.79 Å². The van der Waals surface area contributed by atoms with E-state index < -0.39 is 6.04 Å². The zero-order chi connectivity index (χ0) is 10.3. The molecule has 2 atom stereocenters. The van der Waals surface area contributed by atoms with Crippen molar-refractivity contribution in [2.24, 2.45) is 11.7 Å². The summed E-state index contributed by atoms with van der Waals surface area (Å²) >= 11 is 0. The van der Waals surface area contributed by atoms with Crippen LogP contribution in [0.2, 0.25) is 0 Å². The van der Waals surface area contributed by atoms with Gasteiger partial charge in [-0.3, -0.25) is 4.79 Å². The Hall–Kier alpha value is -0.610. The quantitative estimate of drug-likeness (QED) is 0.543. The van der Waals surface area contributed by atoms with Gasteiger partial charge in [0.25, 0.3) is 0 Å². The normalized spacial score (nSPS) is 15.1. The molecular formula is C9H20N2O2. The third-order valence-electron chi connectivity index (χ3n) is 1.87. The van der Waals surface area contributed by atoms with Crippen LogP contribution >= 0.6 is 0 Å². The molecule has 0 saturated carbocycles. The Bertz CT molecular complexity index is 151. The molecule has 1 amide bonds. The predicted octanol–water partition coefficient (Wildman–Crippen LogP) is -0.142. The Balaban J connectivity index is 3.61. The minimum atomic E-state index is -0.407. The molecule has 0 aromatic carbocycles. The molecule has 0 spiro atoms. The van der Waals surface area contributed by atoms with E-state index in [-0.39, 0.29) is 18.4 Å². The standard InChI is InChI=1S/C9H20N2O2/c1-3-4-8(10)9(13)11-5-7(2)6-12/h7-8,12H,3-6,10H2,1-2H3,(H,11,13). The van der Waals surface area contributed by atoms with Crippen molar-refractivity contribution in [3.63, 3.8) is 0 Å². The van der Waals surface area contributed by atoms with Crippen LogP contribution in [0.5, 0.6) is 0 Å². The van der Waals surface area contributed by atoms with E-state index in [0.29, 0.717) is 13.0 Å². The smallest absolute Gasteiger partial charge is 0.236 e. The maximum atomic E-state index is 11.2. The first-order valence-electron chi connectivity index (χ1n) is 4.76. The largest absolute Gasteiger partial charge is 0.396 e. The summed E-state index contributed by atoms with van der Waals surface area (Å²) in [5, 5.41) is 11.4. The lowest BCUT2D eigenvalue weighted by molar-refractivity contribution is -0.122. The molecule has 2 unspecified atom stereocenters. The number of rotatable bonds is 6. The number of carbonyl (C=O) groups excluding carboxylic acids is 1. The summed E-state index contributed by atoms with van der Waals surface area (Å²) in [5.41, 5.74) is 5.58. The van der Waals surface area contributed by atoms with Gasteiger partial charge in [0.2, 0.25) is 5.91 Å². The minimum Gasteiger partial charge on any atom is -0.396 e. The summed E-state index contributed by atoms with van der Waals surface area (Å²) in [6.45, 7) is 4.44. The van der Waals surface area contributed by atoms with Crippen molar-refractivity contribution in [3.05, 3.63) is 0 Å². The number of hydrogen-bond donors (Lipinski definition) is 3. The van der Waals surface area contributed by atoms with Crippen LogP contribution in [0.4, 0.5) is 0 Å². The average Bonchev–Trinajstić information content (AvgIpc) is 2.13. The second-order valence-electron chi connectivity index (χ2n) is 3.43. The Morgan fingerprint density at radius 2 is 2.23 bits per heavy atom. The molecule has 4 heteroatoms. The van der Waals surface area contributed by atoms with E-state index in [4.69, 9.17) is 10.8 Å². The monoisotopic (exact) mass is 188 g/mol. The number of nitrogens with two attached hydrogens (primary N) is 1. The number of amides is 1. The highest BCUT2D eigenvalue weighted by Crippen LogP contribution is 1.94. The van der Waals surface area contributed by atoms with Crippen LogP contribution in [0.3, 0.4) is 0 Å². The number of aliphatic hydroxyl groups is 1. The fraction of sp³-hybridized carbons (Fsp3) is 0.889. The van der Waals surface area contributed by atoms with Crippen molar-refractivity contribution in [1.82, 2.24) is 5.32 Å². The van der Waals surface area contributed by atoms with Gasteiger partial charge in [-0.05, 0) is 12.3 Å². The Morgan fingerprint density at radius 1 is 1.62 bits per heavy atom. The molecule has 0 rings (SSSR count). The molecule has 78 valence electrons. The molecule has 0 aliphatic carbocycles. The van der Waals surface area contributed by atoms with Gasteiger partial charge < -0.3 is 16.2 Å². The van der Waals surface area contributed by atoms with Crippen molar-refractivity contribution in [3.8, 4) is 0 Å². The van der Waals surface area contributed by atoms with E-state index in [2.05, 4.69) is 5.32 Å². The molecule has 0 heterocycles. The third kappa shape index (κ3) is 5.60. The number of aliphatic hydroxyl groups excluding tert-OH is 1. The van der Waals surface area contributed by atoms with Crippen molar-refractivity contribution in [1.29, 1.82) is 0 Å². The number of nitrogens with one attached hydrogen (secondary N) is 1. The van der Waals surface area contributed by atoms with Gasteiger partial charge in [0, 0.05) is 13.2 Å². The lowest BCUT2D eigenvalue weighted by atomic mass is 10.1. The summed E-state index contributed by atoms with van der Waals surface area (Å²) in [7, 11) is 0. The second kappa shape index (κ2) is 6.86. The topological polar surface area (TPSA) is 75.4 Å². The summed E-state index contributed by atoms with van der Waals surface area (Å²) in [4.78, 5) is 11.2. The van der Waals surface area contributed by atoms with E-state index >= 15 is 0 Å². The van der Waals surface area contributed by atoms with E-state index in [0.717, 1.165) is 6.42 Å². The van der Waals surface area contributed by atoms with E-state index in [1.54, 1.807) is 0 Å². The minimum absolute atomic E-state index is 0.0866. The van der Waals surface area contributed by atoms with Gasteiger partial charge in [-0.2, -0.15) is 0 Å². The molecule has 0 aromatic heterocycles. The maximum absolute atomic E-state index is 11.2. The van der Waals surface area contributed by atoms with Gasteiger partial charge in [0.1, 0.15) is 0 Å². The molecule has 0 aliphatic heterocycles.